The lowest BCUT2D eigenvalue weighted by Gasteiger charge is -2.32. The predicted octanol–water partition coefficient (Wildman–Crippen LogP) is 3.41. The van der Waals surface area contributed by atoms with Crippen molar-refractivity contribution in [2.24, 2.45) is 11.7 Å². The number of ether oxygens (including phenoxy) is 3. The van der Waals surface area contributed by atoms with Crippen LogP contribution in [-0.2, 0) is 14.9 Å². The number of carbonyl (C=O) groups excluding carboxylic acids is 1. The van der Waals surface area contributed by atoms with Gasteiger partial charge in [0.05, 0.1) is 30.8 Å². The number of esters is 1. The number of nitrogens with zero attached hydrogens (tertiary/aromatic N) is 1. The minimum Gasteiger partial charge on any atom is -0.489 e. The van der Waals surface area contributed by atoms with Crippen LogP contribution in [0, 0.1) is 17.2 Å². The van der Waals surface area contributed by atoms with Crippen LogP contribution in [0.5, 0.6) is 11.5 Å². The zero-order valence-electron chi connectivity index (χ0n) is 15.5. The fraction of sp³-hybridized carbons (Fsp3) is 0.500. The highest BCUT2D eigenvalue weighted by Crippen LogP contribution is 2.44. The van der Waals surface area contributed by atoms with Gasteiger partial charge in [0.1, 0.15) is 0 Å². The summed E-state index contributed by atoms with van der Waals surface area (Å²) in [5, 5.41) is 9.93. The molecule has 0 saturated heterocycles. The number of nitrogens with two attached hydrogens (primary N) is 1. The molecule has 1 saturated carbocycles. The number of hydrogen-bond acceptors (Lipinski definition) is 6. The van der Waals surface area contributed by atoms with Crippen LogP contribution in [0.2, 0.25) is 0 Å². The smallest absolute Gasteiger partial charge is 0.387 e. The summed E-state index contributed by atoms with van der Waals surface area (Å²) in [5.74, 6) is -0.0657. The van der Waals surface area contributed by atoms with Gasteiger partial charge in [0.2, 0.25) is 0 Å². The van der Waals surface area contributed by atoms with Crippen LogP contribution in [0.3, 0.4) is 0 Å². The Bertz CT molecular complexity index is 830. The summed E-state index contributed by atoms with van der Waals surface area (Å²) in [7, 11) is 1.26. The van der Waals surface area contributed by atoms with Crippen molar-refractivity contribution in [2.75, 3.05) is 13.7 Å². The first-order valence-electron chi connectivity index (χ1n) is 9.07. The average Bonchev–Trinajstić information content (AvgIpc) is 3.51. The maximum atomic E-state index is 12.7. The average molecular weight is 392 g/mol. The van der Waals surface area contributed by atoms with Crippen molar-refractivity contribution in [1.29, 1.82) is 5.26 Å². The molecule has 0 heterocycles. The van der Waals surface area contributed by atoms with E-state index in [2.05, 4.69) is 10.8 Å². The number of rotatable bonds is 7. The van der Waals surface area contributed by atoms with Crippen LogP contribution >= 0.6 is 0 Å². The normalized spacial score (nSPS) is 22.0. The van der Waals surface area contributed by atoms with Crippen LogP contribution < -0.4 is 15.2 Å². The van der Waals surface area contributed by atoms with Gasteiger partial charge in [-0.05, 0) is 49.3 Å². The summed E-state index contributed by atoms with van der Waals surface area (Å²) in [5.41, 5.74) is 6.15. The number of alkyl halides is 2. The molecule has 1 atom stereocenters. The molecule has 2 N–H and O–H groups in total. The van der Waals surface area contributed by atoms with Crippen molar-refractivity contribution < 1.29 is 27.8 Å². The molecule has 3 rings (SSSR count). The highest BCUT2D eigenvalue weighted by molar-refractivity contribution is 5.90. The van der Waals surface area contributed by atoms with E-state index in [9.17, 15) is 18.8 Å². The first-order chi connectivity index (χ1) is 13.4. The predicted molar refractivity (Wildman–Crippen MR) is 95.7 cm³/mol. The first-order valence-corrected chi connectivity index (χ1v) is 9.07. The van der Waals surface area contributed by atoms with Crippen molar-refractivity contribution in [3.8, 4) is 17.6 Å². The molecule has 0 aromatic heterocycles. The number of allylic oxidation sites excluding steroid dienone is 1. The number of nitriles is 1. The van der Waals surface area contributed by atoms with Gasteiger partial charge in [0.15, 0.2) is 11.5 Å². The maximum Gasteiger partial charge on any atom is 0.387 e. The molecule has 1 fully saturated rings. The molecular formula is C20H22F2N2O4. The quantitative estimate of drug-likeness (QED) is 0.715. The first kappa shape index (κ1) is 19.9. The van der Waals surface area contributed by atoms with Crippen LogP contribution in [0.1, 0.15) is 37.7 Å². The Morgan fingerprint density at radius 2 is 2.14 bits per heavy atom. The van der Waals surface area contributed by atoms with Crippen molar-refractivity contribution in [3.05, 3.63) is 35.0 Å². The van der Waals surface area contributed by atoms with E-state index in [1.165, 1.54) is 13.2 Å². The van der Waals surface area contributed by atoms with E-state index in [1.54, 1.807) is 12.1 Å². The van der Waals surface area contributed by atoms with Gasteiger partial charge in [-0.2, -0.15) is 14.0 Å². The van der Waals surface area contributed by atoms with Crippen LogP contribution in [0.4, 0.5) is 8.78 Å². The Balaban J connectivity index is 1.94. The SMILES string of the molecule is COC(=O)C1=C(N)CCC(C#N)(c2ccc(OC(F)F)c(OCC3CC3)c2)C1. The number of carbonyl (C=O) groups is 1. The van der Waals surface area contributed by atoms with Crippen LogP contribution in [0.25, 0.3) is 0 Å². The number of hydrogen-bond donors (Lipinski definition) is 1. The lowest BCUT2D eigenvalue weighted by molar-refractivity contribution is -0.136. The Morgan fingerprint density at radius 3 is 2.75 bits per heavy atom. The third-order valence-electron chi connectivity index (χ3n) is 5.22. The van der Waals surface area contributed by atoms with E-state index < -0.39 is 18.0 Å². The Labute approximate surface area is 161 Å². The fourth-order valence-electron chi connectivity index (χ4n) is 3.34. The molecule has 0 spiro atoms. The second kappa shape index (κ2) is 8.05. The van der Waals surface area contributed by atoms with E-state index in [-0.39, 0.29) is 23.5 Å². The molecule has 0 amide bonds. The zero-order chi connectivity index (χ0) is 20.3. The Morgan fingerprint density at radius 1 is 1.39 bits per heavy atom. The van der Waals surface area contributed by atoms with Gasteiger partial charge in [-0.15, -0.1) is 0 Å². The van der Waals surface area contributed by atoms with Gasteiger partial charge in [-0.3, -0.25) is 0 Å². The van der Waals surface area contributed by atoms with Gasteiger partial charge >= 0.3 is 12.6 Å². The largest absolute Gasteiger partial charge is 0.489 e. The molecular weight excluding hydrogens is 370 g/mol. The van der Waals surface area contributed by atoms with Crippen LogP contribution in [-0.4, -0.2) is 26.3 Å². The molecule has 2 aliphatic rings. The zero-order valence-corrected chi connectivity index (χ0v) is 15.5. The number of benzene rings is 1. The molecule has 1 aromatic rings. The van der Waals surface area contributed by atoms with E-state index in [4.69, 9.17) is 15.2 Å². The minimum absolute atomic E-state index is 0.0773. The monoisotopic (exact) mass is 392 g/mol. The molecule has 0 radical (unpaired) electrons. The Kier molecular flexibility index (Phi) is 5.73. The summed E-state index contributed by atoms with van der Waals surface area (Å²) in [6, 6.07) is 6.78. The lowest BCUT2D eigenvalue weighted by atomic mass is 9.69. The summed E-state index contributed by atoms with van der Waals surface area (Å²) in [6.45, 7) is -2.58. The second-order valence-electron chi connectivity index (χ2n) is 7.16. The minimum atomic E-state index is -2.98. The van der Waals surface area contributed by atoms with Crippen LogP contribution in [0.15, 0.2) is 29.5 Å². The van der Waals surface area contributed by atoms with Crippen molar-refractivity contribution >= 4 is 5.97 Å². The molecule has 0 aliphatic heterocycles. The highest BCUT2D eigenvalue weighted by atomic mass is 19.3. The topological polar surface area (TPSA) is 94.6 Å². The third-order valence-corrected chi connectivity index (χ3v) is 5.22. The lowest BCUT2D eigenvalue weighted by Crippen LogP contribution is -2.33. The number of halogens is 2. The van der Waals surface area contributed by atoms with Gasteiger partial charge in [0, 0.05) is 12.1 Å². The maximum absolute atomic E-state index is 12.7. The van der Waals surface area contributed by atoms with Gasteiger partial charge < -0.3 is 19.9 Å². The van der Waals surface area contributed by atoms with Gasteiger partial charge in [-0.1, -0.05) is 6.07 Å². The molecule has 1 unspecified atom stereocenters. The number of methoxy groups -OCH3 is 1. The molecule has 28 heavy (non-hydrogen) atoms. The summed E-state index contributed by atoms with van der Waals surface area (Å²) >= 11 is 0. The molecule has 150 valence electrons. The molecule has 0 bridgehead atoms. The molecule has 8 heteroatoms. The van der Waals surface area contributed by atoms with Crippen molar-refractivity contribution in [3.63, 3.8) is 0 Å². The third kappa shape index (κ3) is 4.19. The fourth-order valence-corrected chi connectivity index (χ4v) is 3.34. The van der Waals surface area contributed by atoms with Gasteiger partial charge in [0.25, 0.3) is 0 Å². The summed E-state index contributed by atoms with van der Waals surface area (Å²) < 4.78 is 40.5. The standard InChI is InChI=1S/C20H22F2N2O4/c1-26-18(25)14-9-20(11-23,7-6-15(14)24)13-4-5-16(28-19(21)22)17(8-13)27-10-12-2-3-12/h4-5,8,12,19H,2-3,6-7,9-10,24H2,1H3. The van der Waals surface area contributed by atoms with Crippen molar-refractivity contribution in [1.82, 2.24) is 0 Å². The van der Waals surface area contributed by atoms with E-state index in [0.717, 1.165) is 12.8 Å². The van der Waals surface area contributed by atoms with E-state index in [1.807, 2.05) is 0 Å². The molecule has 2 aliphatic carbocycles. The summed E-state index contributed by atoms with van der Waals surface area (Å²) in [6.07, 6.45) is 2.91. The van der Waals surface area contributed by atoms with E-state index >= 15 is 0 Å². The van der Waals surface area contributed by atoms with Crippen molar-refractivity contribution in [2.45, 2.75) is 44.1 Å². The summed E-state index contributed by atoms with van der Waals surface area (Å²) in [4.78, 5) is 12.0. The second-order valence-corrected chi connectivity index (χ2v) is 7.16. The molecule has 6 nitrogen and oxygen atoms in total. The van der Waals surface area contributed by atoms with E-state index in [0.29, 0.717) is 36.6 Å². The Hall–Kier alpha value is -2.82. The highest BCUT2D eigenvalue weighted by Gasteiger charge is 2.40. The van der Waals surface area contributed by atoms with Gasteiger partial charge in [-0.25, -0.2) is 4.79 Å². The molecule has 1 aromatic carbocycles.